The molecule has 19 heavy (non-hydrogen) atoms. The molecular weight excluding hydrogens is 240 g/mol. The Morgan fingerprint density at radius 3 is 2.84 bits per heavy atom. The zero-order chi connectivity index (χ0) is 13.8. The third kappa shape index (κ3) is 2.97. The van der Waals surface area contributed by atoms with Crippen molar-refractivity contribution in [3.8, 4) is 0 Å². The van der Waals surface area contributed by atoms with Crippen LogP contribution in [0, 0.1) is 5.92 Å². The Labute approximate surface area is 114 Å². The summed E-state index contributed by atoms with van der Waals surface area (Å²) >= 11 is 0. The van der Waals surface area contributed by atoms with E-state index in [1.54, 1.807) is 17.1 Å². The van der Waals surface area contributed by atoms with Gasteiger partial charge < -0.3 is 10.6 Å². The SMILES string of the molecule is CCN(C(=O)c1cnn(C)c1)C1CCCCC1CN. The highest BCUT2D eigenvalue weighted by atomic mass is 16.2. The lowest BCUT2D eigenvalue weighted by molar-refractivity contribution is 0.0560. The van der Waals surface area contributed by atoms with E-state index in [1.807, 2.05) is 18.9 Å². The number of aromatic nitrogens is 2. The highest BCUT2D eigenvalue weighted by Gasteiger charge is 2.32. The molecule has 1 aromatic heterocycles. The fraction of sp³-hybridized carbons (Fsp3) is 0.714. The molecule has 2 unspecified atom stereocenters. The van der Waals surface area contributed by atoms with Crippen LogP contribution in [0.1, 0.15) is 43.0 Å². The first kappa shape index (κ1) is 14.1. The average molecular weight is 264 g/mol. The molecule has 1 aromatic rings. The van der Waals surface area contributed by atoms with Crippen LogP contribution in [0.2, 0.25) is 0 Å². The van der Waals surface area contributed by atoms with E-state index in [1.165, 1.54) is 12.8 Å². The zero-order valence-corrected chi connectivity index (χ0v) is 11.9. The molecule has 0 bridgehead atoms. The number of nitrogens with zero attached hydrogens (tertiary/aromatic N) is 3. The third-order valence-corrected chi connectivity index (χ3v) is 4.13. The van der Waals surface area contributed by atoms with E-state index in [0.29, 0.717) is 18.0 Å². The van der Waals surface area contributed by atoms with Crippen molar-refractivity contribution in [3.05, 3.63) is 18.0 Å². The van der Waals surface area contributed by atoms with Crippen LogP contribution in [0.15, 0.2) is 12.4 Å². The molecule has 2 N–H and O–H groups in total. The molecule has 0 aromatic carbocycles. The number of carbonyl (C=O) groups excluding carboxylic acids is 1. The summed E-state index contributed by atoms with van der Waals surface area (Å²) in [6, 6.07) is 0.288. The molecule has 0 radical (unpaired) electrons. The van der Waals surface area contributed by atoms with Crippen molar-refractivity contribution in [3.63, 3.8) is 0 Å². The van der Waals surface area contributed by atoms with Gasteiger partial charge in [-0.1, -0.05) is 12.8 Å². The van der Waals surface area contributed by atoms with Gasteiger partial charge in [-0.3, -0.25) is 9.48 Å². The van der Waals surface area contributed by atoms with E-state index < -0.39 is 0 Å². The molecule has 1 aliphatic rings. The number of amides is 1. The van der Waals surface area contributed by atoms with Gasteiger partial charge in [-0.15, -0.1) is 0 Å². The van der Waals surface area contributed by atoms with Gasteiger partial charge >= 0.3 is 0 Å². The molecule has 2 rings (SSSR count). The Hall–Kier alpha value is -1.36. The lowest BCUT2D eigenvalue weighted by Crippen LogP contribution is -2.47. The minimum atomic E-state index is 0.0842. The number of carbonyl (C=O) groups is 1. The monoisotopic (exact) mass is 264 g/mol. The van der Waals surface area contributed by atoms with Gasteiger partial charge in [0.15, 0.2) is 0 Å². The summed E-state index contributed by atoms with van der Waals surface area (Å²) in [6.07, 6.45) is 8.06. The quantitative estimate of drug-likeness (QED) is 0.894. The smallest absolute Gasteiger partial charge is 0.257 e. The fourth-order valence-electron chi connectivity index (χ4n) is 3.10. The van der Waals surface area contributed by atoms with Crippen molar-refractivity contribution < 1.29 is 4.79 Å². The van der Waals surface area contributed by atoms with Gasteiger partial charge in [-0.25, -0.2) is 0 Å². The standard InChI is InChI=1S/C14H24N4O/c1-3-18(13-7-5-4-6-11(13)8-15)14(19)12-9-16-17(2)10-12/h9-11,13H,3-8,15H2,1-2H3. The highest BCUT2D eigenvalue weighted by molar-refractivity contribution is 5.94. The van der Waals surface area contributed by atoms with Gasteiger partial charge in [0.1, 0.15) is 0 Å². The normalized spacial score (nSPS) is 23.3. The molecule has 0 spiro atoms. The zero-order valence-electron chi connectivity index (χ0n) is 11.9. The van der Waals surface area contributed by atoms with Gasteiger partial charge in [-0.05, 0) is 32.2 Å². The van der Waals surface area contributed by atoms with Crippen LogP contribution >= 0.6 is 0 Å². The average Bonchev–Trinajstić information content (AvgIpc) is 2.86. The number of hydrogen-bond donors (Lipinski definition) is 1. The molecule has 1 heterocycles. The maximum absolute atomic E-state index is 12.6. The topological polar surface area (TPSA) is 64.2 Å². The van der Waals surface area contributed by atoms with E-state index in [9.17, 15) is 4.79 Å². The van der Waals surface area contributed by atoms with Crippen LogP contribution in [-0.4, -0.2) is 39.7 Å². The third-order valence-electron chi connectivity index (χ3n) is 4.13. The first-order valence-corrected chi connectivity index (χ1v) is 7.17. The molecule has 5 nitrogen and oxygen atoms in total. The van der Waals surface area contributed by atoms with Crippen LogP contribution in [0.25, 0.3) is 0 Å². The van der Waals surface area contributed by atoms with Gasteiger partial charge in [0.2, 0.25) is 0 Å². The predicted molar refractivity (Wildman–Crippen MR) is 74.7 cm³/mol. The fourth-order valence-corrected chi connectivity index (χ4v) is 3.10. The van der Waals surface area contributed by atoms with Gasteiger partial charge in [0.25, 0.3) is 5.91 Å². The highest BCUT2D eigenvalue weighted by Crippen LogP contribution is 2.28. The Bertz CT molecular complexity index is 429. The van der Waals surface area contributed by atoms with Crippen LogP contribution in [0.5, 0.6) is 0 Å². The van der Waals surface area contributed by atoms with Crippen LogP contribution in [0.4, 0.5) is 0 Å². The molecule has 2 atom stereocenters. The Morgan fingerprint density at radius 1 is 1.53 bits per heavy atom. The maximum Gasteiger partial charge on any atom is 0.257 e. The second-order valence-corrected chi connectivity index (χ2v) is 5.34. The van der Waals surface area contributed by atoms with Gasteiger partial charge in [-0.2, -0.15) is 5.10 Å². The molecule has 1 amide bonds. The number of hydrogen-bond acceptors (Lipinski definition) is 3. The van der Waals surface area contributed by atoms with E-state index in [4.69, 9.17) is 5.73 Å². The summed E-state index contributed by atoms with van der Waals surface area (Å²) in [5.74, 6) is 0.523. The van der Waals surface area contributed by atoms with Crippen molar-refractivity contribution in [2.45, 2.75) is 38.6 Å². The Morgan fingerprint density at radius 2 is 2.26 bits per heavy atom. The minimum Gasteiger partial charge on any atom is -0.336 e. The summed E-state index contributed by atoms with van der Waals surface area (Å²) in [6.45, 7) is 3.44. The number of rotatable bonds is 4. The van der Waals surface area contributed by atoms with E-state index in [0.717, 1.165) is 19.4 Å². The van der Waals surface area contributed by atoms with E-state index >= 15 is 0 Å². The first-order chi connectivity index (χ1) is 9.17. The minimum absolute atomic E-state index is 0.0842. The van der Waals surface area contributed by atoms with E-state index in [-0.39, 0.29) is 11.9 Å². The molecule has 0 aliphatic heterocycles. The van der Waals surface area contributed by atoms with Gasteiger partial charge in [0, 0.05) is 25.8 Å². The summed E-state index contributed by atoms with van der Waals surface area (Å²) in [5, 5.41) is 4.08. The summed E-state index contributed by atoms with van der Waals surface area (Å²) < 4.78 is 1.67. The van der Waals surface area contributed by atoms with E-state index in [2.05, 4.69) is 5.10 Å². The molecule has 1 saturated carbocycles. The van der Waals surface area contributed by atoms with Crippen molar-refractivity contribution in [2.24, 2.45) is 18.7 Å². The maximum atomic E-state index is 12.6. The molecule has 0 saturated heterocycles. The van der Waals surface area contributed by atoms with Crippen molar-refractivity contribution >= 4 is 5.91 Å². The number of nitrogens with two attached hydrogens (primary N) is 1. The van der Waals surface area contributed by atoms with Crippen molar-refractivity contribution in [1.29, 1.82) is 0 Å². The predicted octanol–water partition coefficient (Wildman–Crippen LogP) is 1.40. The largest absolute Gasteiger partial charge is 0.336 e. The van der Waals surface area contributed by atoms with Crippen molar-refractivity contribution in [1.82, 2.24) is 14.7 Å². The Balaban J connectivity index is 2.16. The molecule has 1 aliphatic carbocycles. The molecular formula is C14H24N4O. The van der Waals surface area contributed by atoms with Crippen molar-refractivity contribution in [2.75, 3.05) is 13.1 Å². The second kappa shape index (κ2) is 6.19. The second-order valence-electron chi connectivity index (χ2n) is 5.34. The summed E-state index contributed by atoms with van der Waals surface area (Å²) in [7, 11) is 1.83. The Kier molecular flexibility index (Phi) is 4.58. The molecule has 5 heteroatoms. The van der Waals surface area contributed by atoms with Crippen LogP contribution < -0.4 is 5.73 Å². The van der Waals surface area contributed by atoms with Crippen LogP contribution in [0.3, 0.4) is 0 Å². The van der Waals surface area contributed by atoms with Gasteiger partial charge in [0.05, 0.1) is 11.8 Å². The summed E-state index contributed by atoms with van der Waals surface area (Å²) in [5.41, 5.74) is 6.55. The lowest BCUT2D eigenvalue weighted by Gasteiger charge is -2.39. The first-order valence-electron chi connectivity index (χ1n) is 7.17. The molecule has 106 valence electrons. The summed E-state index contributed by atoms with van der Waals surface area (Å²) in [4.78, 5) is 14.6. The van der Waals surface area contributed by atoms with Crippen LogP contribution in [-0.2, 0) is 7.05 Å². The molecule has 1 fully saturated rings. The lowest BCUT2D eigenvalue weighted by atomic mass is 9.83. The number of aryl methyl sites for hydroxylation is 1.